The molecule has 0 aliphatic carbocycles. The molecule has 1 atom stereocenters. The van der Waals surface area contributed by atoms with Crippen LogP contribution in [0.2, 0.25) is 0 Å². The van der Waals surface area contributed by atoms with Gasteiger partial charge in [0.05, 0.1) is 0 Å². The Morgan fingerprint density at radius 2 is 0.574 bits per heavy atom. The highest BCUT2D eigenvalue weighted by Crippen LogP contribution is 2.14. The lowest BCUT2D eigenvalue weighted by molar-refractivity contribution is -0.167. The molecule has 0 heterocycles. The Balaban J connectivity index is 4.38. The highest BCUT2D eigenvalue weighted by atomic mass is 16.6. The third-order valence-electron chi connectivity index (χ3n) is 11.2. The Hall–Kier alpha value is -4.19. The van der Waals surface area contributed by atoms with Crippen molar-refractivity contribution in [3.63, 3.8) is 0 Å². The van der Waals surface area contributed by atoms with Crippen molar-refractivity contribution in [2.45, 2.75) is 239 Å². The zero-order chi connectivity index (χ0) is 49.3. The van der Waals surface area contributed by atoms with Gasteiger partial charge in [0.2, 0.25) is 0 Å². The van der Waals surface area contributed by atoms with Gasteiger partial charge in [-0.15, -0.1) is 0 Å². The van der Waals surface area contributed by atoms with Gasteiger partial charge < -0.3 is 14.2 Å². The molecule has 0 N–H and O–H groups in total. The van der Waals surface area contributed by atoms with Crippen LogP contribution in [0.3, 0.4) is 0 Å². The first-order valence-electron chi connectivity index (χ1n) is 27.5. The summed E-state index contributed by atoms with van der Waals surface area (Å²) in [6, 6.07) is 0. The minimum Gasteiger partial charge on any atom is -0.462 e. The van der Waals surface area contributed by atoms with Crippen molar-refractivity contribution < 1.29 is 28.6 Å². The van der Waals surface area contributed by atoms with Gasteiger partial charge in [-0.2, -0.15) is 0 Å². The largest absolute Gasteiger partial charge is 0.462 e. The van der Waals surface area contributed by atoms with E-state index in [9.17, 15) is 14.4 Å². The molecule has 0 aromatic heterocycles. The van der Waals surface area contributed by atoms with Crippen LogP contribution in [-0.4, -0.2) is 37.2 Å². The Bertz CT molecular complexity index is 1450. The molecule has 0 aliphatic rings. The van der Waals surface area contributed by atoms with Gasteiger partial charge in [0.15, 0.2) is 6.10 Å². The molecule has 0 amide bonds. The maximum absolute atomic E-state index is 12.8. The van der Waals surface area contributed by atoms with Gasteiger partial charge in [0.1, 0.15) is 13.2 Å². The Morgan fingerprint density at radius 3 is 0.926 bits per heavy atom. The van der Waals surface area contributed by atoms with Crippen molar-refractivity contribution in [3.8, 4) is 0 Å². The van der Waals surface area contributed by atoms with Crippen molar-refractivity contribution >= 4 is 17.9 Å². The second-order valence-electron chi connectivity index (χ2n) is 17.7. The molecule has 0 fully saturated rings. The number of unbranched alkanes of at least 4 members (excludes halogenated alkanes) is 17. The third-order valence-corrected chi connectivity index (χ3v) is 11.2. The van der Waals surface area contributed by atoms with Crippen molar-refractivity contribution in [1.29, 1.82) is 0 Å². The number of hydrogen-bond donors (Lipinski definition) is 0. The van der Waals surface area contributed by atoms with E-state index in [-0.39, 0.29) is 31.1 Å². The van der Waals surface area contributed by atoms with Gasteiger partial charge in [-0.25, -0.2) is 0 Å². The Kier molecular flexibility index (Phi) is 52.0. The summed E-state index contributed by atoms with van der Waals surface area (Å²) in [7, 11) is 0. The van der Waals surface area contributed by atoms with Crippen molar-refractivity contribution in [2.24, 2.45) is 0 Å². The molecule has 6 heteroatoms. The molecule has 68 heavy (non-hydrogen) atoms. The van der Waals surface area contributed by atoms with Crippen molar-refractivity contribution in [3.05, 3.63) is 122 Å². The SMILES string of the molecule is CC/C=C\C/C=C\C/C=C\C/C=C\C/C=C\C/C=C\CCCCC(=O)OCC(COC(=O)CCCCCCCCCC)OC(=O)CCCCCCCCCC/C=C\C/C=C\C/C=C\C/C=C\CC. The molecule has 0 saturated carbocycles. The molecule has 1 unspecified atom stereocenters. The summed E-state index contributed by atoms with van der Waals surface area (Å²) < 4.78 is 16.7. The zero-order valence-corrected chi connectivity index (χ0v) is 43.8. The molecular weight excluding hydrogens is 841 g/mol. The van der Waals surface area contributed by atoms with Crippen LogP contribution in [0.1, 0.15) is 233 Å². The first-order chi connectivity index (χ1) is 33.5. The minimum absolute atomic E-state index is 0.0974. The van der Waals surface area contributed by atoms with Crippen LogP contribution in [-0.2, 0) is 28.6 Å². The van der Waals surface area contributed by atoms with Gasteiger partial charge in [0.25, 0.3) is 0 Å². The highest BCUT2D eigenvalue weighted by Gasteiger charge is 2.19. The minimum atomic E-state index is -0.801. The van der Waals surface area contributed by atoms with E-state index in [4.69, 9.17) is 14.2 Å². The van der Waals surface area contributed by atoms with Crippen molar-refractivity contribution in [1.82, 2.24) is 0 Å². The van der Waals surface area contributed by atoms with Crippen LogP contribution < -0.4 is 0 Å². The van der Waals surface area contributed by atoms with Crippen LogP contribution >= 0.6 is 0 Å². The molecule has 0 aliphatic heterocycles. The summed E-state index contributed by atoms with van der Waals surface area (Å²) in [6.45, 7) is 6.33. The molecule has 0 spiro atoms. The Labute approximate surface area is 418 Å². The Morgan fingerprint density at radius 1 is 0.309 bits per heavy atom. The van der Waals surface area contributed by atoms with E-state index in [1.54, 1.807) is 0 Å². The van der Waals surface area contributed by atoms with Gasteiger partial charge in [-0.3, -0.25) is 14.4 Å². The molecule has 0 rings (SSSR count). The second-order valence-corrected chi connectivity index (χ2v) is 17.7. The van der Waals surface area contributed by atoms with E-state index in [0.29, 0.717) is 19.3 Å². The first kappa shape index (κ1) is 63.8. The second kappa shape index (κ2) is 55.4. The van der Waals surface area contributed by atoms with E-state index in [2.05, 4.69) is 142 Å². The summed E-state index contributed by atoms with van der Waals surface area (Å²) >= 11 is 0. The van der Waals surface area contributed by atoms with Crippen LogP contribution in [0.25, 0.3) is 0 Å². The molecule has 0 aromatic carbocycles. The van der Waals surface area contributed by atoms with Crippen LogP contribution in [0, 0.1) is 0 Å². The lowest BCUT2D eigenvalue weighted by atomic mass is 10.1. The summed E-state index contributed by atoms with van der Waals surface area (Å²) in [4.78, 5) is 38.0. The number of carbonyl (C=O) groups is 3. The lowest BCUT2D eigenvalue weighted by Crippen LogP contribution is -2.30. The average Bonchev–Trinajstić information content (AvgIpc) is 3.34. The fraction of sp³-hybridized carbons (Fsp3) is 0.629. The molecule has 384 valence electrons. The zero-order valence-electron chi connectivity index (χ0n) is 43.8. The molecule has 0 aromatic rings. The van der Waals surface area contributed by atoms with E-state index >= 15 is 0 Å². The molecule has 0 saturated heterocycles. The third kappa shape index (κ3) is 52.8. The highest BCUT2D eigenvalue weighted by molar-refractivity contribution is 5.71. The molecule has 0 bridgehead atoms. The topological polar surface area (TPSA) is 78.9 Å². The van der Waals surface area contributed by atoms with Gasteiger partial charge in [-0.05, 0) is 109 Å². The summed E-state index contributed by atoms with van der Waals surface area (Å²) in [5, 5.41) is 0. The normalized spacial score (nSPS) is 13.0. The number of ether oxygens (including phenoxy) is 3. The van der Waals surface area contributed by atoms with Gasteiger partial charge >= 0.3 is 17.9 Å². The number of allylic oxidation sites excluding steroid dienone is 20. The predicted molar refractivity (Wildman–Crippen MR) is 293 cm³/mol. The lowest BCUT2D eigenvalue weighted by Gasteiger charge is -2.18. The first-order valence-corrected chi connectivity index (χ1v) is 27.5. The predicted octanol–water partition coefficient (Wildman–Crippen LogP) is 18.5. The van der Waals surface area contributed by atoms with Gasteiger partial charge in [-0.1, -0.05) is 226 Å². The number of esters is 3. The van der Waals surface area contributed by atoms with E-state index < -0.39 is 6.10 Å². The maximum Gasteiger partial charge on any atom is 0.306 e. The summed E-state index contributed by atoms with van der Waals surface area (Å²) in [6.07, 6.45) is 76.3. The van der Waals surface area contributed by atoms with Crippen LogP contribution in [0.4, 0.5) is 0 Å². The van der Waals surface area contributed by atoms with Gasteiger partial charge in [0, 0.05) is 19.3 Å². The molecule has 0 radical (unpaired) electrons. The fourth-order valence-electron chi connectivity index (χ4n) is 7.14. The van der Waals surface area contributed by atoms with E-state index in [1.165, 1.54) is 64.2 Å². The average molecular weight is 941 g/mol. The number of rotatable bonds is 48. The van der Waals surface area contributed by atoms with E-state index in [1.807, 2.05) is 0 Å². The van der Waals surface area contributed by atoms with Crippen molar-refractivity contribution in [2.75, 3.05) is 13.2 Å². The summed E-state index contributed by atoms with van der Waals surface area (Å²) in [5.41, 5.74) is 0. The smallest absolute Gasteiger partial charge is 0.306 e. The molecular formula is C62H100O6. The maximum atomic E-state index is 12.8. The summed E-state index contributed by atoms with van der Waals surface area (Å²) in [5.74, 6) is -0.960. The van der Waals surface area contributed by atoms with E-state index in [0.717, 1.165) is 128 Å². The number of hydrogen-bond acceptors (Lipinski definition) is 6. The monoisotopic (exact) mass is 941 g/mol. The van der Waals surface area contributed by atoms with Crippen LogP contribution in [0.15, 0.2) is 122 Å². The quantitative estimate of drug-likeness (QED) is 0.0262. The standard InChI is InChI=1S/C62H100O6/c1-4-7-10-13-16-19-21-23-25-27-29-31-33-35-37-39-41-43-46-49-52-55-61(64)67-58-59(57-66-60(63)54-51-48-45-18-15-12-9-6-3)68-62(65)56-53-50-47-44-42-40-38-36-34-32-30-28-26-24-22-20-17-14-11-8-5-2/h7-8,10-11,16-17,19-20,23-26,29-32,35,37,41,43,59H,4-6,9,12-15,18,21-22,27-28,33-34,36,38-40,42,44-58H2,1-3H3/b10-7-,11-8-,19-16-,20-17-,25-23-,26-24-,31-29-,32-30-,37-35-,43-41-. The van der Waals surface area contributed by atoms with Crippen LogP contribution in [0.5, 0.6) is 0 Å². The fourth-order valence-corrected chi connectivity index (χ4v) is 7.14. The number of carbonyl (C=O) groups excluding carboxylic acids is 3. The molecule has 6 nitrogen and oxygen atoms in total.